The van der Waals surface area contributed by atoms with Crippen molar-refractivity contribution in [3.63, 3.8) is 0 Å². The maximum absolute atomic E-state index is 13.0. The number of aromatic nitrogens is 4. The maximum atomic E-state index is 13.0. The molecule has 1 heterocycles. The van der Waals surface area contributed by atoms with Crippen LogP contribution in [0, 0.1) is 11.7 Å². The first-order valence-corrected chi connectivity index (χ1v) is 7.60. The van der Waals surface area contributed by atoms with Gasteiger partial charge in [0.1, 0.15) is 12.1 Å². The third-order valence-electron chi connectivity index (χ3n) is 4.17. The topological polar surface area (TPSA) is 72.7 Å². The molecule has 0 aliphatic heterocycles. The first-order valence-electron chi connectivity index (χ1n) is 7.60. The Labute approximate surface area is 137 Å². The molecule has 1 aromatic heterocycles. The van der Waals surface area contributed by atoms with Gasteiger partial charge in [0.2, 0.25) is 5.91 Å². The van der Waals surface area contributed by atoms with E-state index in [1.807, 2.05) is 24.3 Å². The summed E-state index contributed by atoms with van der Waals surface area (Å²) in [5, 5.41) is 13.9. The van der Waals surface area contributed by atoms with Crippen molar-refractivity contribution < 1.29 is 9.18 Å². The van der Waals surface area contributed by atoms with E-state index in [0.29, 0.717) is 0 Å². The molecule has 4 rings (SSSR count). The van der Waals surface area contributed by atoms with Gasteiger partial charge in [-0.25, -0.2) is 9.07 Å². The van der Waals surface area contributed by atoms with E-state index < -0.39 is 0 Å². The van der Waals surface area contributed by atoms with Crippen molar-refractivity contribution >= 4 is 11.6 Å². The molecule has 0 saturated heterocycles. The molecular weight excluding hydrogens is 309 g/mol. The molecule has 2 aromatic carbocycles. The number of benzene rings is 2. The molecule has 1 amide bonds. The molecule has 7 heteroatoms. The van der Waals surface area contributed by atoms with Crippen molar-refractivity contribution in [1.29, 1.82) is 0 Å². The molecule has 1 aliphatic carbocycles. The molecule has 1 aliphatic rings. The highest BCUT2D eigenvalue weighted by Gasteiger charge is 2.43. The van der Waals surface area contributed by atoms with Crippen LogP contribution in [-0.4, -0.2) is 26.1 Å². The van der Waals surface area contributed by atoms with Gasteiger partial charge in [-0.05, 0) is 64.7 Å². The summed E-state index contributed by atoms with van der Waals surface area (Å²) < 4.78 is 14.5. The van der Waals surface area contributed by atoms with Crippen molar-refractivity contribution in [1.82, 2.24) is 20.2 Å². The van der Waals surface area contributed by atoms with E-state index in [-0.39, 0.29) is 23.6 Å². The first kappa shape index (κ1) is 14.5. The standard InChI is InChI=1S/C17H14FN5O/c18-12-3-1-11(2-4-12)15-9-16(15)17(24)20-13-5-7-14(8-6-13)23-10-19-21-22-23/h1-8,10,15-16H,9H2,(H,20,24)/t15-,16+/m1/s1. The van der Waals surface area contributed by atoms with Gasteiger partial charge in [-0.1, -0.05) is 12.1 Å². The van der Waals surface area contributed by atoms with Crippen LogP contribution in [0.4, 0.5) is 10.1 Å². The third-order valence-corrected chi connectivity index (χ3v) is 4.17. The van der Waals surface area contributed by atoms with Crippen molar-refractivity contribution in [3.8, 4) is 5.69 Å². The summed E-state index contributed by atoms with van der Waals surface area (Å²) in [6, 6.07) is 13.6. The van der Waals surface area contributed by atoms with Crippen LogP contribution in [-0.2, 0) is 4.79 Å². The van der Waals surface area contributed by atoms with Crippen LogP contribution in [0.3, 0.4) is 0 Å². The highest BCUT2D eigenvalue weighted by atomic mass is 19.1. The highest BCUT2D eigenvalue weighted by molar-refractivity contribution is 5.95. The number of halogens is 1. The van der Waals surface area contributed by atoms with Crippen LogP contribution < -0.4 is 5.32 Å². The fourth-order valence-corrected chi connectivity index (χ4v) is 2.78. The normalized spacial score (nSPS) is 19.0. The quantitative estimate of drug-likeness (QED) is 0.801. The van der Waals surface area contributed by atoms with Gasteiger partial charge < -0.3 is 5.32 Å². The predicted octanol–water partition coefficient (Wildman–Crippen LogP) is 2.54. The Morgan fingerprint density at radius 2 is 1.88 bits per heavy atom. The van der Waals surface area contributed by atoms with Gasteiger partial charge in [0.15, 0.2) is 0 Å². The van der Waals surface area contributed by atoms with Crippen molar-refractivity contribution in [3.05, 3.63) is 66.2 Å². The predicted molar refractivity (Wildman–Crippen MR) is 85.0 cm³/mol. The number of tetrazole rings is 1. The van der Waals surface area contributed by atoms with E-state index in [9.17, 15) is 9.18 Å². The number of rotatable bonds is 4. The molecule has 120 valence electrons. The molecule has 0 unspecified atom stereocenters. The van der Waals surface area contributed by atoms with E-state index in [1.165, 1.54) is 23.1 Å². The zero-order valence-electron chi connectivity index (χ0n) is 12.6. The molecule has 0 bridgehead atoms. The molecule has 6 nitrogen and oxygen atoms in total. The van der Waals surface area contributed by atoms with Gasteiger partial charge in [-0.15, -0.1) is 5.10 Å². The molecule has 2 atom stereocenters. The molecule has 24 heavy (non-hydrogen) atoms. The van der Waals surface area contributed by atoms with Crippen molar-refractivity contribution in [2.45, 2.75) is 12.3 Å². The molecule has 0 radical (unpaired) electrons. The Hall–Kier alpha value is -3.09. The number of nitrogens with zero attached hydrogens (tertiary/aromatic N) is 4. The molecule has 0 spiro atoms. The van der Waals surface area contributed by atoms with Crippen LogP contribution in [0.15, 0.2) is 54.9 Å². The molecule has 1 saturated carbocycles. The number of amides is 1. The SMILES string of the molecule is O=C(Nc1ccc(-n2cnnn2)cc1)[C@H]1C[C@@H]1c1ccc(F)cc1. The average Bonchev–Trinajstić information content (AvgIpc) is 3.21. The van der Waals surface area contributed by atoms with Crippen LogP contribution in [0.25, 0.3) is 5.69 Å². The minimum Gasteiger partial charge on any atom is -0.326 e. The van der Waals surface area contributed by atoms with Gasteiger partial charge in [-0.3, -0.25) is 4.79 Å². The highest BCUT2D eigenvalue weighted by Crippen LogP contribution is 2.47. The molecule has 1 N–H and O–H groups in total. The zero-order valence-corrected chi connectivity index (χ0v) is 12.6. The summed E-state index contributed by atoms with van der Waals surface area (Å²) in [7, 11) is 0. The summed E-state index contributed by atoms with van der Waals surface area (Å²) in [6.07, 6.45) is 2.30. The fraction of sp³-hybridized carbons (Fsp3) is 0.176. The summed E-state index contributed by atoms with van der Waals surface area (Å²) in [6.45, 7) is 0. The largest absolute Gasteiger partial charge is 0.326 e. The molecular formula is C17H14FN5O. The van der Waals surface area contributed by atoms with Gasteiger partial charge in [0, 0.05) is 11.6 Å². The lowest BCUT2D eigenvalue weighted by molar-refractivity contribution is -0.117. The zero-order chi connectivity index (χ0) is 16.5. The number of hydrogen-bond donors (Lipinski definition) is 1. The van der Waals surface area contributed by atoms with Crippen LogP contribution >= 0.6 is 0 Å². The molecule has 1 fully saturated rings. The Morgan fingerprint density at radius 3 is 2.54 bits per heavy atom. The lowest BCUT2D eigenvalue weighted by Gasteiger charge is -2.06. The minimum absolute atomic E-state index is 0.0144. The number of nitrogens with one attached hydrogen (secondary N) is 1. The van der Waals surface area contributed by atoms with E-state index in [0.717, 1.165) is 23.4 Å². The minimum atomic E-state index is -0.261. The van der Waals surface area contributed by atoms with E-state index in [4.69, 9.17) is 0 Å². The van der Waals surface area contributed by atoms with Gasteiger partial charge in [0.25, 0.3) is 0 Å². The van der Waals surface area contributed by atoms with Crippen LogP contribution in [0.5, 0.6) is 0 Å². The number of anilines is 1. The van der Waals surface area contributed by atoms with Crippen LogP contribution in [0.1, 0.15) is 17.9 Å². The lowest BCUT2D eigenvalue weighted by Crippen LogP contribution is -2.14. The number of hydrogen-bond acceptors (Lipinski definition) is 4. The van der Waals surface area contributed by atoms with Gasteiger partial charge >= 0.3 is 0 Å². The van der Waals surface area contributed by atoms with E-state index >= 15 is 0 Å². The van der Waals surface area contributed by atoms with Gasteiger partial charge in [0.05, 0.1) is 5.69 Å². The third kappa shape index (κ3) is 2.88. The number of carbonyl (C=O) groups excluding carboxylic acids is 1. The molecule has 3 aromatic rings. The second-order valence-electron chi connectivity index (χ2n) is 5.79. The van der Waals surface area contributed by atoms with Gasteiger partial charge in [-0.2, -0.15) is 0 Å². The Bertz CT molecular complexity index is 846. The average molecular weight is 323 g/mol. The van der Waals surface area contributed by atoms with E-state index in [1.54, 1.807) is 12.1 Å². The lowest BCUT2D eigenvalue weighted by atomic mass is 10.1. The second kappa shape index (κ2) is 5.84. The Morgan fingerprint density at radius 1 is 1.12 bits per heavy atom. The monoisotopic (exact) mass is 323 g/mol. The summed E-state index contributed by atoms with van der Waals surface area (Å²) in [4.78, 5) is 12.3. The Balaban J connectivity index is 1.39. The summed E-state index contributed by atoms with van der Waals surface area (Å²) in [5.41, 5.74) is 2.54. The van der Waals surface area contributed by atoms with Crippen molar-refractivity contribution in [2.75, 3.05) is 5.32 Å². The van der Waals surface area contributed by atoms with E-state index in [2.05, 4.69) is 20.8 Å². The van der Waals surface area contributed by atoms with Crippen molar-refractivity contribution in [2.24, 2.45) is 5.92 Å². The number of carbonyl (C=O) groups is 1. The second-order valence-corrected chi connectivity index (χ2v) is 5.79. The first-order chi connectivity index (χ1) is 11.7. The summed E-state index contributed by atoms with van der Waals surface area (Å²) in [5.74, 6) is -0.164. The summed E-state index contributed by atoms with van der Waals surface area (Å²) >= 11 is 0. The smallest absolute Gasteiger partial charge is 0.228 e. The van der Waals surface area contributed by atoms with Crippen LogP contribution in [0.2, 0.25) is 0 Å². The fourth-order valence-electron chi connectivity index (χ4n) is 2.78. The maximum Gasteiger partial charge on any atom is 0.228 e. The Kier molecular flexibility index (Phi) is 3.53.